The van der Waals surface area contributed by atoms with Crippen molar-refractivity contribution in [3.05, 3.63) is 12.7 Å². The summed E-state index contributed by atoms with van der Waals surface area (Å²) in [6.45, 7) is 4.34. The third kappa shape index (κ3) is 4.79. The fourth-order valence-electron chi connectivity index (χ4n) is 2.24. The molecule has 17 heavy (non-hydrogen) atoms. The van der Waals surface area contributed by atoms with Crippen LogP contribution in [0.2, 0.25) is 0 Å². The van der Waals surface area contributed by atoms with Crippen LogP contribution in [-0.4, -0.2) is 52.4 Å². The number of aromatic nitrogens is 3. The van der Waals surface area contributed by atoms with Gasteiger partial charge in [-0.1, -0.05) is 0 Å². The number of rotatable bonds is 5. The third-order valence-corrected chi connectivity index (χ3v) is 3.02. The van der Waals surface area contributed by atoms with E-state index in [0.717, 1.165) is 19.6 Å². The fraction of sp³-hybridized carbons (Fsp3) is 0.800. The molecular formula is C10H21Cl2N5. The van der Waals surface area contributed by atoms with Crippen LogP contribution in [0.3, 0.4) is 0 Å². The van der Waals surface area contributed by atoms with Crippen LogP contribution in [-0.2, 0) is 6.54 Å². The molecule has 2 heterocycles. The van der Waals surface area contributed by atoms with Crippen molar-refractivity contribution in [3.8, 4) is 0 Å². The number of nitrogens with zero attached hydrogens (tertiary/aromatic N) is 4. The molecule has 0 amide bonds. The van der Waals surface area contributed by atoms with Gasteiger partial charge in [0, 0.05) is 19.1 Å². The summed E-state index contributed by atoms with van der Waals surface area (Å²) < 4.78 is 1.90. The molecule has 100 valence electrons. The largest absolute Gasteiger partial charge is 0.318 e. The van der Waals surface area contributed by atoms with Crippen molar-refractivity contribution in [2.45, 2.75) is 25.4 Å². The zero-order valence-electron chi connectivity index (χ0n) is 10.1. The molecule has 0 radical (unpaired) electrons. The highest BCUT2D eigenvalue weighted by molar-refractivity contribution is 5.85. The van der Waals surface area contributed by atoms with Crippen LogP contribution in [0.1, 0.15) is 12.8 Å². The Morgan fingerprint density at radius 3 is 2.82 bits per heavy atom. The lowest BCUT2D eigenvalue weighted by Gasteiger charge is -2.23. The van der Waals surface area contributed by atoms with Crippen molar-refractivity contribution in [1.29, 1.82) is 0 Å². The molecule has 1 fully saturated rings. The lowest BCUT2D eigenvalue weighted by Crippen LogP contribution is -2.38. The molecule has 1 aliphatic rings. The zero-order chi connectivity index (χ0) is 10.5. The standard InChI is InChI=1S/C10H19N5.2ClH/c1-11-7-10-3-2-4-14(10)5-6-15-9-12-8-13-15;;/h8-11H,2-7H2,1H3;2*1H. The number of likely N-dealkylation sites (N-methyl/N-ethyl adjacent to an activating group) is 1. The molecule has 1 atom stereocenters. The van der Waals surface area contributed by atoms with Crippen LogP contribution in [0, 0.1) is 0 Å². The van der Waals surface area contributed by atoms with Gasteiger partial charge in [-0.15, -0.1) is 24.8 Å². The maximum atomic E-state index is 4.11. The number of halogens is 2. The smallest absolute Gasteiger partial charge is 0.137 e. The highest BCUT2D eigenvalue weighted by atomic mass is 35.5. The SMILES string of the molecule is CNCC1CCCN1CCn1cncn1.Cl.Cl. The summed E-state index contributed by atoms with van der Waals surface area (Å²) >= 11 is 0. The van der Waals surface area contributed by atoms with Crippen molar-refractivity contribution in [3.63, 3.8) is 0 Å². The Morgan fingerprint density at radius 1 is 1.35 bits per heavy atom. The number of hydrogen-bond donors (Lipinski definition) is 1. The van der Waals surface area contributed by atoms with E-state index in [2.05, 4.69) is 20.3 Å². The quantitative estimate of drug-likeness (QED) is 0.868. The van der Waals surface area contributed by atoms with Gasteiger partial charge in [-0.2, -0.15) is 5.10 Å². The molecule has 0 saturated carbocycles. The third-order valence-electron chi connectivity index (χ3n) is 3.02. The summed E-state index contributed by atoms with van der Waals surface area (Å²) in [7, 11) is 2.02. The van der Waals surface area contributed by atoms with Gasteiger partial charge in [0.15, 0.2) is 0 Å². The van der Waals surface area contributed by atoms with Gasteiger partial charge in [-0.05, 0) is 26.4 Å². The molecule has 0 aromatic carbocycles. The Morgan fingerprint density at radius 2 is 2.18 bits per heavy atom. The summed E-state index contributed by atoms with van der Waals surface area (Å²) in [5.41, 5.74) is 0. The lowest BCUT2D eigenvalue weighted by molar-refractivity contribution is 0.237. The Bertz CT molecular complexity index is 280. The molecule has 0 spiro atoms. The first-order chi connectivity index (χ1) is 7.40. The molecular weight excluding hydrogens is 261 g/mol. The van der Waals surface area contributed by atoms with E-state index < -0.39 is 0 Å². The van der Waals surface area contributed by atoms with E-state index in [1.165, 1.54) is 19.4 Å². The molecule has 5 nitrogen and oxygen atoms in total. The van der Waals surface area contributed by atoms with Gasteiger partial charge in [0.25, 0.3) is 0 Å². The number of likely N-dealkylation sites (tertiary alicyclic amines) is 1. The Kier molecular flexibility index (Phi) is 8.51. The molecule has 1 N–H and O–H groups in total. The van der Waals surface area contributed by atoms with Gasteiger partial charge < -0.3 is 5.32 Å². The molecule has 7 heteroatoms. The topological polar surface area (TPSA) is 46.0 Å². The van der Waals surface area contributed by atoms with E-state index in [4.69, 9.17) is 0 Å². The first-order valence-electron chi connectivity index (χ1n) is 5.61. The minimum absolute atomic E-state index is 0. The Labute approximate surface area is 115 Å². The van der Waals surface area contributed by atoms with Crippen molar-refractivity contribution in [1.82, 2.24) is 25.0 Å². The number of hydrogen-bond acceptors (Lipinski definition) is 4. The van der Waals surface area contributed by atoms with Crippen LogP contribution in [0.5, 0.6) is 0 Å². The first-order valence-corrected chi connectivity index (χ1v) is 5.61. The molecule has 1 saturated heterocycles. The highest BCUT2D eigenvalue weighted by Gasteiger charge is 2.22. The zero-order valence-corrected chi connectivity index (χ0v) is 11.7. The molecule has 0 aliphatic carbocycles. The van der Waals surface area contributed by atoms with Crippen LogP contribution < -0.4 is 5.32 Å². The molecule has 2 rings (SSSR count). The Balaban J connectivity index is 0.00000128. The normalized spacial score (nSPS) is 19.7. The van der Waals surface area contributed by atoms with Gasteiger partial charge in [-0.25, -0.2) is 4.98 Å². The minimum Gasteiger partial charge on any atom is -0.318 e. The maximum Gasteiger partial charge on any atom is 0.137 e. The van der Waals surface area contributed by atoms with Crippen molar-refractivity contribution in [2.75, 3.05) is 26.7 Å². The molecule has 1 aromatic heterocycles. The number of nitrogens with one attached hydrogen (secondary N) is 1. The fourth-order valence-corrected chi connectivity index (χ4v) is 2.24. The first kappa shape index (κ1) is 16.6. The van der Waals surface area contributed by atoms with Crippen molar-refractivity contribution in [2.24, 2.45) is 0 Å². The second-order valence-electron chi connectivity index (χ2n) is 4.05. The van der Waals surface area contributed by atoms with E-state index >= 15 is 0 Å². The van der Waals surface area contributed by atoms with Gasteiger partial charge in [-0.3, -0.25) is 9.58 Å². The molecule has 0 bridgehead atoms. The second-order valence-corrected chi connectivity index (χ2v) is 4.05. The summed E-state index contributed by atoms with van der Waals surface area (Å²) in [6.07, 6.45) is 6.01. The van der Waals surface area contributed by atoms with Crippen LogP contribution in [0.25, 0.3) is 0 Å². The van der Waals surface area contributed by atoms with Crippen molar-refractivity contribution < 1.29 is 0 Å². The predicted molar refractivity (Wildman–Crippen MR) is 73.0 cm³/mol. The van der Waals surface area contributed by atoms with E-state index in [0.29, 0.717) is 6.04 Å². The van der Waals surface area contributed by atoms with Gasteiger partial charge >= 0.3 is 0 Å². The molecule has 1 unspecified atom stereocenters. The van der Waals surface area contributed by atoms with Crippen molar-refractivity contribution >= 4 is 24.8 Å². The molecule has 1 aliphatic heterocycles. The second kappa shape index (κ2) is 8.69. The average molecular weight is 282 g/mol. The Hall–Kier alpha value is -0.360. The van der Waals surface area contributed by atoms with E-state index in [1.54, 1.807) is 12.7 Å². The minimum atomic E-state index is 0. The van der Waals surface area contributed by atoms with E-state index in [9.17, 15) is 0 Å². The van der Waals surface area contributed by atoms with Gasteiger partial charge in [0.05, 0.1) is 6.54 Å². The van der Waals surface area contributed by atoms with Crippen LogP contribution in [0.4, 0.5) is 0 Å². The van der Waals surface area contributed by atoms with E-state index in [-0.39, 0.29) is 24.8 Å². The summed E-state index contributed by atoms with van der Waals surface area (Å²) in [5, 5.41) is 7.37. The monoisotopic (exact) mass is 281 g/mol. The lowest BCUT2D eigenvalue weighted by atomic mass is 10.2. The van der Waals surface area contributed by atoms with Crippen LogP contribution >= 0.6 is 24.8 Å². The summed E-state index contributed by atoms with van der Waals surface area (Å²) in [4.78, 5) is 6.48. The molecule has 1 aromatic rings. The van der Waals surface area contributed by atoms with Crippen LogP contribution in [0.15, 0.2) is 12.7 Å². The summed E-state index contributed by atoms with van der Waals surface area (Å²) in [5.74, 6) is 0. The highest BCUT2D eigenvalue weighted by Crippen LogP contribution is 2.15. The maximum absolute atomic E-state index is 4.11. The van der Waals surface area contributed by atoms with Gasteiger partial charge in [0.1, 0.15) is 12.7 Å². The van der Waals surface area contributed by atoms with Gasteiger partial charge in [0.2, 0.25) is 0 Å². The summed E-state index contributed by atoms with van der Waals surface area (Å²) in [6, 6.07) is 0.707. The average Bonchev–Trinajstić information content (AvgIpc) is 2.85. The predicted octanol–water partition coefficient (Wildman–Crippen LogP) is 0.805. The van der Waals surface area contributed by atoms with E-state index in [1.807, 2.05) is 11.7 Å².